The van der Waals surface area contributed by atoms with Crippen molar-refractivity contribution in [1.29, 1.82) is 0 Å². The van der Waals surface area contributed by atoms with Crippen LogP contribution in [0.3, 0.4) is 0 Å². The van der Waals surface area contributed by atoms with Gasteiger partial charge in [0.05, 0.1) is 0 Å². The number of nitrogens with one attached hydrogen (secondary N) is 1. The van der Waals surface area contributed by atoms with Gasteiger partial charge in [0.2, 0.25) is 5.91 Å². The van der Waals surface area contributed by atoms with Gasteiger partial charge in [0.25, 0.3) is 0 Å². The molecule has 0 saturated heterocycles. The van der Waals surface area contributed by atoms with Crippen molar-refractivity contribution in [3.63, 3.8) is 0 Å². The molecule has 0 spiro atoms. The fourth-order valence-electron chi connectivity index (χ4n) is 0.444. The quantitative estimate of drug-likeness (QED) is 0.543. The summed E-state index contributed by atoms with van der Waals surface area (Å²) in [6, 6.07) is 0. The van der Waals surface area contributed by atoms with E-state index >= 15 is 0 Å². The number of methoxy groups -OCH3 is 1. The third kappa shape index (κ3) is 7.43. The lowest BCUT2D eigenvalue weighted by atomic mass is 10.4. The molecule has 1 N–H and O–H groups in total. The van der Waals surface area contributed by atoms with E-state index in [1.165, 1.54) is 0 Å². The van der Waals surface area contributed by atoms with Crippen LogP contribution in [0.4, 0.5) is 0 Å². The van der Waals surface area contributed by atoms with E-state index < -0.39 is 0 Å². The van der Waals surface area contributed by atoms with Crippen LogP contribution in [-0.4, -0.2) is 26.2 Å². The maximum Gasteiger partial charge on any atom is 0.220 e. The topological polar surface area (TPSA) is 38.3 Å². The summed E-state index contributed by atoms with van der Waals surface area (Å²) in [5, 5.41) is 2.55. The highest BCUT2D eigenvalue weighted by Crippen LogP contribution is 1.75. The first-order chi connectivity index (χ1) is 4.27. The van der Waals surface area contributed by atoms with E-state index in [-0.39, 0.29) is 5.91 Å². The maximum absolute atomic E-state index is 10.1. The van der Waals surface area contributed by atoms with Gasteiger partial charge in [0.15, 0.2) is 0 Å². The van der Waals surface area contributed by atoms with E-state index in [1.54, 1.807) is 7.11 Å². The molecule has 0 aliphatic carbocycles. The summed E-state index contributed by atoms with van der Waals surface area (Å²) < 4.78 is 4.75. The second-order valence-corrected chi connectivity index (χ2v) is 1.70. The van der Waals surface area contributed by atoms with Crippen LogP contribution in [0.15, 0.2) is 0 Å². The Labute approximate surface area is 55.4 Å². The van der Waals surface area contributed by atoms with E-state index in [0.29, 0.717) is 13.2 Å². The molecule has 0 aromatic heterocycles. The molecule has 3 nitrogen and oxygen atoms in total. The Balaban J connectivity index is 2.83. The van der Waals surface area contributed by atoms with E-state index in [0.717, 1.165) is 6.42 Å². The molecule has 0 aromatic rings. The van der Waals surface area contributed by atoms with Crippen LogP contribution in [-0.2, 0) is 9.53 Å². The monoisotopic (exact) mass is 130 g/mol. The lowest BCUT2D eigenvalue weighted by molar-refractivity contribution is -0.116. The minimum absolute atomic E-state index is 0.230. The van der Waals surface area contributed by atoms with Gasteiger partial charge in [-0.05, 0) is 6.42 Å². The van der Waals surface area contributed by atoms with Gasteiger partial charge < -0.3 is 10.1 Å². The normalized spacial score (nSPS) is 9.11. The van der Waals surface area contributed by atoms with Crippen molar-refractivity contribution in [2.75, 3.05) is 20.3 Å². The number of carbonyl (C=O) groups is 1. The summed E-state index contributed by atoms with van der Waals surface area (Å²) >= 11 is 0. The van der Waals surface area contributed by atoms with Crippen LogP contribution in [0.25, 0.3) is 0 Å². The largest absolute Gasteiger partial charge is 0.385 e. The van der Waals surface area contributed by atoms with Crippen LogP contribution in [0.5, 0.6) is 0 Å². The van der Waals surface area contributed by atoms with Gasteiger partial charge in [-0.1, -0.05) is 0 Å². The van der Waals surface area contributed by atoms with Crippen molar-refractivity contribution >= 4 is 5.91 Å². The van der Waals surface area contributed by atoms with Gasteiger partial charge in [-0.2, -0.15) is 0 Å². The molecule has 1 radical (unpaired) electrons. The molecule has 0 atom stereocenters. The Morgan fingerprint density at radius 3 is 2.89 bits per heavy atom. The predicted molar refractivity (Wildman–Crippen MR) is 34.9 cm³/mol. The summed E-state index contributed by atoms with van der Waals surface area (Å²) in [5.74, 6) is -0.230. The highest BCUT2D eigenvalue weighted by Gasteiger charge is 1.88. The molecule has 1 amide bonds. The molecular formula is C6H12NO2. The SMILES string of the molecule is [CH2]C(=O)NCCCOC. The maximum atomic E-state index is 10.1. The average molecular weight is 130 g/mol. The summed E-state index contributed by atoms with van der Waals surface area (Å²) in [6.07, 6.45) is 0.845. The molecule has 0 aliphatic rings. The minimum atomic E-state index is -0.230. The van der Waals surface area contributed by atoms with Crippen molar-refractivity contribution in [3.8, 4) is 0 Å². The Morgan fingerprint density at radius 1 is 1.78 bits per heavy atom. The molecule has 0 rings (SSSR count). The molecule has 0 aromatic carbocycles. The zero-order valence-electron chi connectivity index (χ0n) is 5.64. The Bertz CT molecular complexity index is 83.1. The first-order valence-electron chi connectivity index (χ1n) is 2.86. The van der Waals surface area contributed by atoms with Crippen molar-refractivity contribution in [3.05, 3.63) is 6.92 Å². The van der Waals surface area contributed by atoms with Crippen LogP contribution in [0, 0.1) is 6.92 Å². The zero-order chi connectivity index (χ0) is 7.11. The third-order valence-electron chi connectivity index (χ3n) is 0.847. The molecule has 9 heavy (non-hydrogen) atoms. The summed E-state index contributed by atoms with van der Waals surface area (Å²) in [6.45, 7) is 4.48. The molecule has 0 aliphatic heterocycles. The van der Waals surface area contributed by atoms with Crippen molar-refractivity contribution in [2.24, 2.45) is 0 Å². The Kier molecular flexibility index (Phi) is 5.21. The van der Waals surface area contributed by atoms with Crippen molar-refractivity contribution in [1.82, 2.24) is 5.32 Å². The smallest absolute Gasteiger partial charge is 0.220 e. The molecule has 53 valence electrons. The lowest BCUT2D eigenvalue weighted by Gasteiger charge is -1.98. The van der Waals surface area contributed by atoms with Crippen LogP contribution < -0.4 is 5.32 Å². The van der Waals surface area contributed by atoms with E-state index in [4.69, 9.17) is 4.74 Å². The van der Waals surface area contributed by atoms with Crippen molar-refractivity contribution in [2.45, 2.75) is 6.42 Å². The van der Waals surface area contributed by atoms with Gasteiger partial charge in [-0.25, -0.2) is 0 Å². The van der Waals surface area contributed by atoms with Crippen LogP contribution >= 0.6 is 0 Å². The van der Waals surface area contributed by atoms with E-state index in [1.807, 2.05) is 0 Å². The van der Waals surface area contributed by atoms with Crippen LogP contribution in [0.2, 0.25) is 0 Å². The molecular weight excluding hydrogens is 118 g/mol. The van der Waals surface area contributed by atoms with Gasteiger partial charge in [-0.15, -0.1) is 0 Å². The predicted octanol–water partition coefficient (Wildman–Crippen LogP) is -0.0268. The fourth-order valence-corrected chi connectivity index (χ4v) is 0.444. The van der Waals surface area contributed by atoms with Crippen molar-refractivity contribution < 1.29 is 9.53 Å². The molecule has 0 bridgehead atoms. The molecule has 0 heterocycles. The summed E-state index contributed by atoms with van der Waals surface area (Å²) in [5.41, 5.74) is 0. The molecule has 0 fully saturated rings. The first kappa shape index (κ1) is 8.43. The lowest BCUT2D eigenvalue weighted by Crippen LogP contribution is -2.21. The number of hydrogen-bond acceptors (Lipinski definition) is 2. The van der Waals surface area contributed by atoms with E-state index in [9.17, 15) is 4.79 Å². The Morgan fingerprint density at radius 2 is 2.44 bits per heavy atom. The number of carbonyl (C=O) groups excluding carboxylic acids is 1. The average Bonchev–Trinajstić information content (AvgIpc) is 1.80. The standard InChI is InChI=1S/C6H12NO2/c1-6(8)7-4-3-5-9-2/h1,3-5H2,2H3,(H,7,8). The summed E-state index contributed by atoms with van der Waals surface area (Å²) in [4.78, 5) is 10.1. The first-order valence-corrected chi connectivity index (χ1v) is 2.86. The van der Waals surface area contributed by atoms with Gasteiger partial charge in [-0.3, -0.25) is 4.79 Å². The van der Waals surface area contributed by atoms with Gasteiger partial charge in [0.1, 0.15) is 0 Å². The summed E-state index contributed by atoms with van der Waals surface area (Å²) in [7, 11) is 1.63. The second-order valence-electron chi connectivity index (χ2n) is 1.70. The number of rotatable bonds is 4. The highest BCUT2D eigenvalue weighted by atomic mass is 16.5. The van der Waals surface area contributed by atoms with E-state index in [2.05, 4.69) is 12.2 Å². The third-order valence-corrected chi connectivity index (χ3v) is 0.847. The highest BCUT2D eigenvalue weighted by molar-refractivity contribution is 5.79. The Hall–Kier alpha value is -0.570. The zero-order valence-corrected chi connectivity index (χ0v) is 5.64. The second kappa shape index (κ2) is 5.56. The molecule has 0 unspecified atom stereocenters. The molecule has 3 heteroatoms. The molecule has 0 saturated carbocycles. The number of ether oxygens (including phenoxy) is 1. The van der Waals surface area contributed by atoms with Crippen LogP contribution in [0.1, 0.15) is 6.42 Å². The minimum Gasteiger partial charge on any atom is -0.385 e. The number of hydrogen-bond donors (Lipinski definition) is 1. The fraction of sp³-hybridized carbons (Fsp3) is 0.667. The van der Waals surface area contributed by atoms with Gasteiger partial charge >= 0.3 is 0 Å². The van der Waals surface area contributed by atoms with Gasteiger partial charge in [0, 0.05) is 27.2 Å². The number of amides is 1.